The number of nitrogens with one attached hydrogen (secondary N) is 2. The quantitative estimate of drug-likeness (QED) is 0.133. The number of Topliss-reactive ketones (excluding diaryl/α,β-unsaturated/α-hetero) is 1. The van der Waals surface area contributed by atoms with Gasteiger partial charge in [-0.05, 0) is 56.1 Å². The Morgan fingerprint density at radius 1 is 1.10 bits per heavy atom. The van der Waals surface area contributed by atoms with Crippen LogP contribution in [0.2, 0.25) is 0 Å². The molecular weight excluding hydrogens is 724 g/mol. The number of ether oxygens (including phenoxy) is 4. The van der Waals surface area contributed by atoms with Gasteiger partial charge in [-0.3, -0.25) is 14.4 Å². The summed E-state index contributed by atoms with van der Waals surface area (Å²) < 4.78 is 22.7. The summed E-state index contributed by atoms with van der Waals surface area (Å²) in [5, 5.41) is 6.30. The molecule has 51 heavy (non-hydrogen) atoms. The highest BCUT2D eigenvalue weighted by molar-refractivity contribution is 9.09. The van der Waals surface area contributed by atoms with E-state index in [0.717, 1.165) is 31.2 Å². The highest BCUT2D eigenvalue weighted by Crippen LogP contribution is 2.46. The summed E-state index contributed by atoms with van der Waals surface area (Å²) in [4.78, 5) is 73.3. The molecule has 3 amide bonds. The number of carbonyl (C=O) groups is 5. The maximum atomic E-state index is 14.5. The largest absolute Gasteiger partial charge is 0.496 e. The normalized spacial score (nSPS) is 23.7. The Bertz CT molecular complexity index is 1720. The minimum absolute atomic E-state index is 0.0281. The van der Waals surface area contributed by atoms with Crippen LogP contribution < -0.4 is 20.1 Å². The van der Waals surface area contributed by atoms with Gasteiger partial charge in [0.2, 0.25) is 11.8 Å². The topological polar surface area (TPSA) is 162 Å². The van der Waals surface area contributed by atoms with Crippen LogP contribution in [0.5, 0.6) is 11.5 Å². The maximum Gasteiger partial charge on any atom is 0.408 e. The van der Waals surface area contributed by atoms with E-state index in [2.05, 4.69) is 38.1 Å². The standard InChI is InChI=1S/C37H47BrN4O9/c1-8-21-17-37(21,34(46)49-7)41-32(44)27-14-23(19-42(27)33(45)31(36(3,4)5)40-35(47)51-22-11-9-10-12-22)50-30-16-26(28(43)18-38)39-25-15-29(48-6)20(2)13-24(25)30/h8,13,15-16,21-23,27,31H,1,9-12,14,17-19H2,2-7H3,(H,40,47)(H,41,44)/t21-,23-,27+,31-,37-/m1/s1. The van der Waals surface area contributed by atoms with Crippen molar-refractivity contribution in [3.8, 4) is 11.5 Å². The van der Waals surface area contributed by atoms with Crippen LogP contribution in [0.1, 0.15) is 75.3 Å². The summed E-state index contributed by atoms with van der Waals surface area (Å²) in [6, 6.07) is 2.99. The molecule has 3 aliphatic rings. The molecule has 3 fully saturated rings. The van der Waals surface area contributed by atoms with Crippen molar-refractivity contribution in [2.45, 2.75) is 96.1 Å². The van der Waals surface area contributed by atoms with E-state index in [4.69, 9.17) is 18.9 Å². The van der Waals surface area contributed by atoms with Crippen LogP contribution in [0.15, 0.2) is 30.9 Å². The number of likely N-dealkylation sites (tertiary alicyclic amines) is 1. The third-order valence-corrected chi connectivity index (χ3v) is 10.5. The molecule has 2 aromatic rings. The maximum absolute atomic E-state index is 14.5. The van der Waals surface area contributed by atoms with E-state index in [1.54, 1.807) is 25.3 Å². The van der Waals surface area contributed by atoms with E-state index >= 15 is 0 Å². The molecule has 0 unspecified atom stereocenters. The molecule has 2 N–H and O–H groups in total. The van der Waals surface area contributed by atoms with Crippen molar-refractivity contribution in [1.82, 2.24) is 20.5 Å². The highest BCUT2D eigenvalue weighted by Gasteiger charge is 2.62. The van der Waals surface area contributed by atoms with Gasteiger partial charge in [-0.25, -0.2) is 14.6 Å². The first-order valence-electron chi connectivity index (χ1n) is 17.2. The first-order valence-corrected chi connectivity index (χ1v) is 18.3. The van der Waals surface area contributed by atoms with Gasteiger partial charge in [0.25, 0.3) is 0 Å². The summed E-state index contributed by atoms with van der Waals surface area (Å²) in [6.45, 7) is 11.1. The van der Waals surface area contributed by atoms with Crippen molar-refractivity contribution < 1.29 is 42.9 Å². The Hall–Kier alpha value is -4.20. The van der Waals surface area contributed by atoms with E-state index in [1.165, 1.54) is 12.0 Å². The number of alkyl halides is 1. The number of halogens is 1. The number of alkyl carbamates (subject to hydrolysis) is 1. The number of carbonyl (C=O) groups excluding carboxylic acids is 5. The van der Waals surface area contributed by atoms with Crippen molar-refractivity contribution in [3.05, 3.63) is 42.1 Å². The summed E-state index contributed by atoms with van der Waals surface area (Å²) >= 11 is 3.22. The SMILES string of the molecule is C=C[C@@H]1C[C@]1(NC(=O)[C@@H]1C[C@@H](Oc2cc(C(=O)CBr)nc3cc(OC)c(C)cc23)CN1C(=O)[C@@H](NC(=O)OC1CCCC1)C(C)(C)C)C(=O)OC. The van der Waals surface area contributed by atoms with E-state index in [0.29, 0.717) is 28.8 Å². The fourth-order valence-electron chi connectivity index (χ4n) is 7.03. The Labute approximate surface area is 306 Å². The monoisotopic (exact) mass is 770 g/mol. The number of hydrogen-bond donors (Lipinski definition) is 2. The van der Waals surface area contributed by atoms with Crippen LogP contribution in [0.25, 0.3) is 10.9 Å². The van der Waals surface area contributed by atoms with Crippen molar-refractivity contribution in [2.24, 2.45) is 11.3 Å². The van der Waals surface area contributed by atoms with E-state index < -0.39 is 53.0 Å². The molecule has 2 aliphatic carbocycles. The number of ketones is 1. The van der Waals surface area contributed by atoms with Crippen LogP contribution in [0.4, 0.5) is 4.79 Å². The molecule has 0 spiro atoms. The average Bonchev–Trinajstić information content (AvgIpc) is 3.36. The van der Waals surface area contributed by atoms with Gasteiger partial charge in [0.1, 0.15) is 47.0 Å². The molecule has 13 nitrogen and oxygen atoms in total. The summed E-state index contributed by atoms with van der Waals surface area (Å²) in [6.07, 6.45) is 3.79. The molecule has 0 bridgehead atoms. The predicted molar refractivity (Wildman–Crippen MR) is 192 cm³/mol. The predicted octanol–water partition coefficient (Wildman–Crippen LogP) is 4.80. The number of esters is 1. The number of amides is 3. The van der Waals surface area contributed by atoms with Crippen molar-refractivity contribution in [2.75, 3.05) is 26.1 Å². The zero-order chi connectivity index (χ0) is 37.2. The lowest BCUT2D eigenvalue weighted by atomic mass is 9.85. The Morgan fingerprint density at radius 2 is 1.80 bits per heavy atom. The van der Waals surface area contributed by atoms with Gasteiger partial charge in [0, 0.05) is 29.9 Å². The number of methoxy groups -OCH3 is 2. The first kappa shape index (κ1) is 38.0. The number of pyridine rings is 1. The van der Waals surface area contributed by atoms with Crippen molar-refractivity contribution >= 4 is 56.5 Å². The fraction of sp³-hybridized carbons (Fsp3) is 0.568. The minimum atomic E-state index is -1.29. The Balaban J connectivity index is 1.49. The zero-order valence-electron chi connectivity index (χ0n) is 30.0. The number of nitrogens with zero attached hydrogens (tertiary/aromatic N) is 2. The summed E-state index contributed by atoms with van der Waals surface area (Å²) in [7, 11) is 2.80. The third-order valence-electron chi connectivity index (χ3n) is 9.98. The number of aromatic nitrogens is 1. The molecule has 276 valence electrons. The Morgan fingerprint density at radius 3 is 2.39 bits per heavy atom. The van der Waals surface area contributed by atoms with Crippen LogP contribution in [0, 0.1) is 18.3 Å². The lowest BCUT2D eigenvalue weighted by molar-refractivity contribution is -0.148. The molecule has 1 aromatic heterocycles. The summed E-state index contributed by atoms with van der Waals surface area (Å²) in [5.41, 5.74) is -0.609. The van der Waals surface area contributed by atoms with Gasteiger partial charge in [-0.15, -0.1) is 6.58 Å². The van der Waals surface area contributed by atoms with Gasteiger partial charge in [-0.2, -0.15) is 0 Å². The number of aryl methyl sites for hydroxylation is 1. The molecule has 2 saturated carbocycles. The van der Waals surface area contributed by atoms with Crippen molar-refractivity contribution in [3.63, 3.8) is 0 Å². The van der Waals surface area contributed by atoms with E-state index in [1.807, 2.05) is 33.8 Å². The third kappa shape index (κ3) is 8.00. The molecule has 5 atom stereocenters. The van der Waals surface area contributed by atoms with Gasteiger partial charge in [0.05, 0.1) is 31.6 Å². The molecule has 2 heterocycles. The summed E-state index contributed by atoms with van der Waals surface area (Å²) in [5.74, 6) is -1.35. The van der Waals surface area contributed by atoms with Gasteiger partial charge < -0.3 is 34.5 Å². The smallest absolute Gasteiger partial charge is 0.408 e. The van der Waals surface area contributed by atoms with Gasteiger partial charge >= 0.3 is 12.1 Å². The number of hydrogen-bond acceptors (Lipinski definition) is 10. The minimum Gasteiger partial charge on any atom is -0.496 e. The van der Waals surface area contributed by atoms with Crippen LogP contribution in [0.3, 0.4) is 0 Å². The molecular formula is C37H47BrN4O9. The second-order valence-electron chi connectivity index (χ2n) is 14.6. The van der Waals surface area contributed by atoms with E-state index in [9.17, 15) is 24.0 Å². The Kier molecular flexibility index (Phi) is 11.3. The van der Waals surface area contributed by atoms with Crippen molar-refractivity contribution in [1.29, 1.82) is 0 Å². The molecule has 0 radical (unpaired) electrons. The van der Waals surface area contributed by atoms with Gasteiger partial charge in [-0.1, -0.05) is 42.8 Å². The lowest BCUT2D eigenvalue weighted by Gasteiger charge is -2.35. The molecule has 14 heteroatoms. The highest BCUT2D eigenvalue weighted by atomic mass is 79.9. The molecule has 1 aliphatic heterocycles. The van der Waals surface area contributed by atoms with Crippen LogP contribution in [-0.2, 0) is 23.9 Å². The zero-order valence-corrected chi connectivity index (χ0v) is 31.6. The first-order chi connectivity index (χ1) is 24.1. The number of rotatable bonds is 12. The molecule has 5 rings (SSSR count). The molecule has 1 saturated heterocycles. The average molecular weight is 772 g/mol. The number of fused-ring (bicyclic) bond motifs is 1. The molecule has 1 aromatic carbocycles. The van der Waals surface area contributed by atoms with E-state index in [-0.39, 0.29) is 41.8 Å². The van der Waals surface area contributed by atoms with Crippen LogP contribution in [-0.4, -0.2) is 95.5 Å². The van der Waals surface area contributed by atoms with Crippen LogP contribution >= 0.6 is 15.9 Å². The lowest BCUT2D eigenvalue weighted by Crippen LogP contribution is -2.59. The fourth-order valence-corrected chi connectivity index (χ4v) is 7.31. The number of benzene rings is 1. The van der Waals surface area contributed by atoms with Gasteiger partial charge in [0.15, 0.2) is 5.78 Å². The second kappa shape index (κ2) is 15.2. The second-order valence-corrected chi connectivity index (χ2v) is 15.2.